The molecule has 120 valence electrons. The normalized spacial score (nSPS) is 18.1. The second-order valence-corrected chi connectivity index (χ2v) is 6.10. The third kappa shape index (κ3) is 3.33. The summed E-state index contributed by atoms with van der Waals surface area (Å²) in [7, 11) is 0. The van der Waals surface area contributed by atoms with Crippen molar-refractivity contribution in [3.8, 4) is 0 Å². The van der Waals surface area contributed by atoms with Crippen LogP contribution < -0.4 is 15.1 Å². The first-order chi connectivity index (χ1) is 11.3. The van der Waals surface area contributed by atoms with Crippen LogP contribution in [0.25, 0.3) is 0 Å². The maximum Gasteiger partial charge on any atom is 0.225 e. The predicted molar refractivity (Wildman–Crippen MR) is 89.9 cm³/mol. The molecule has 0 unspecified atom stereocenters. The molecule has 2 aromatic rings. The van der Waals surface area contributed by atoms with Crippen LogP contribution in [0.3, 0.4) is 0 Å². The molecule has 7 nitrogen and oxygen atoms in total. The number of hydrogen-bond donors (Lipinski definition) is 1. The Kier molecular flexibility index (Phi) is 3.69. The molecule has 1 aliphatic heterocycles. The molecule has 1 N–H and O–H groups in total. The van der Waals surface area contributed by atoms with Crippen LogP contribution in [-0.2, 0) is 0 Å². The molecule has 0 aromatic carbocycles. The Hall–Kier alpha value is -2.44. The lowest BCUT2D eigenvalue weighted by atomic mass is 10.3. The van der Waals surface area contributed by atoms with Gasteiger partial charge in [0.25, 0.3) is 0 Å². The van der Waals surface area contributed by atoms with Crippen LogP contribution in [0.15, 0.2) is 24.5 Å². The van der Waals surface area contributed by atoms with Crippen LogP contribution in [-0.4, -0.2) is 52.2 Å². The second-order valence-electron chi connectivity index (χ2n) is 6.10. The first kappa shape index (κ1) is 14.2. The maximum absolute atomic E-state index is 4.61. The van der Waals surface area contributed by atoms with Gasteiger partial charge in [0.05, 0.1) is 0 Å². The first-order valence-electron chi connectivity index (χ1n) is 8.17. The van der Waals surface area contributed by atoms with Crippen LogP contribution in [0, 0.1) is 6.92 Å². The fourth-order valence-corrected chi connectivity index (χ4v) is 2.81. The summed E-state index contributed by atoms with van der Waals surface area (Å²) in [5.41, 5.74) is 0. The Bertz CT molecular complexity index is 663. The van der Waals surface area contributed by atoms with Gasteiger partial charge in [0.2, 0.25) is 5.95 Å². The van der Waals surface area contributed by atoms with Gasteiger partial charge in [-0.1, -0.05) is 0 Å². The van der Waals surface area contributed by atoms with Gasteiger partial charge in [-0.05, 0) is 25.8 Å². The summed E-state index contributed by atoms with van der Waals surface area (Å²) in [5, 5.41) is 3.46. The van der Waals surface area contributed by atoms with Gasteiger partial charge in [0.15, 0.2) is 0 Å². The van der Waals surface area contributed by atoms with E-state index in [1.807, 2.05) is 13.0 Å². The largest absolute Gasteiger partial charge is 0.367 e. The number of rotatable bonds is 4. The smallest absolute Gasteiger partial charge is 0.225 e. The minimum absolute atomic E-state index is 0.601. The Morgan fingerprint density at radius 3 is 2.39 bits per heavy atom. The minimum atomic E-state index is 0.601. The Morgan fingerprint density at radius 2 is 1.70 bits per heavy atom. The van der Waals surface area contributed by atoms with E-state index < -0.39 is 0 Å². The fraction of sp³-hybridized carbons (Fsp3) is 0.500. The summed E-state index contributed by atoms with van der Waals surface area (Å²) in [6.07, 6.45) is 6.07. The molecule has 0 amide bonds. The molecule has 23 heavy (non-hydrogen) atoms. The zero-order chi connectivity index (χ0) is 15.6. The Morgan fingerprint density at radius 1 is 1.00 bits per heavy atom. The van der Waals surface area contributed by atoms with Crippen LogP contribution in [0.4, 0.5) is 17.6 Å². The summed E-state index contributed by atoms with van der Waals surface area (Å²) >= 11 is 0. The number of piperazine rings is 1. The zero-order valence-electron chi connectivity index (χ0n) is 13.3. The highest BCUT2D eigenvalue weighted by atomic mass is 15.3. The summed E-state index contributed by atoms with van der Waals surface area (Å²) in [4.78, 5) is 22.3. The number of aromatic nitrogens is 4. The van der Waals surface area contributed by atoms with Crippen LogP contribution in [0.5, 0.6) is 0 Å². The zero-order valence-corrected chi connectivity index (χ0v) is 13.3. The maximum atomic E-state index is 4.61. The highest BCUT2D eigenvalue weighted by Gasteiger charge is 2.23. The highest BCUT2D eigenvalue weighted by molar-refractivity contribution is 5.51. The van der Waals surface area contributed by atoms with E-state index in [1.54, 1.807) is 12.4 Å². The van der Waals surface area contributed by atoms with Crippen molar-refractivity contribution in [2.45, 2.75) is 25.8 Å². The average molecular weight is 311 g/mol. The van der Waals surface area contributed by atoms with E-state index >= 15 is 0 Å². The summed E-state index contributed by atoms with van der Waals surface area (Å²) in [6.45, 7) is 5.59. The molecule has 2 aliphatic rings. The van der Waals surface area contributed by atoms with E-state index in [0.29, 0.717) is 6.04 Å². The van der Waals surface area contributed by atoms with Crippen molar-refractivity contribution < 1.29 is 0 Å². The van der Waals surface area contributed by atoms with Gasteiger partial charge in [-0.2, -0.15) is 0 Å². The van der Waals surface area contributed by atoms with Crippen molar-refractivity contribution in [3.63, 3.8) is 0 Å². The van der Waals surface area contributed by atoms with E-state index in [9.17, 15) is 0 Å². The molecular weight excluding hydrogens is 290 g/mol. The molecular formula is C16H21N7. The van der Waals surface area contributed by atoms with Gasteiger partial charge in [0, 0.05) is 50.7 Å². The Labute approximate surface area is 135 Å². The van der Waals surface area contributed by atoms with Crippen molar-refractivity contribution in [2.75, 3.05) is 41.3 Å². The van der Waals surface area contributed by atoms with Gasteiger partial charge in [-0.15, -0.1) is 0 Å². The fourth-order valence-electron chi connectivity index (χ4n) is 2.81. The summed E-state index contributed by atoms with van der Waals surface area (Å²) < 4.78 is 0. The van der Waals surface area contributed by atoms with Gasteiger partial charge >= 0.3 is 0 Å². The quantitative estimate of drug-likeness (QED) is 0.917. The van der Waals surface area contributed by atoms with Crippen molar-refractivity contribution >= 4 is 17.6 Å². The van der Waals surface area contributed by atoms with E-state index in [0.717, 1.165) is 49.6 Å². The number of nitrogens with one attached hydrogen (secondary N) is 1. The second kappa shape index (κ2) is 5.98. The molecule has 2 aromatic heterocycles. The molecule has 0 radical (unpaired) electrons. The van der Waals surface area contributed by atoms with Gasteiger partial charge in [0.1, 0.15) is 17.5 Å². The molecule has 0 atom stereocenters. The Balaban J connectivity index is 1.44. The SMILES string of the molecule is Cc1nc(NC2CC2)cc(N2CCN(c3ncccn3)CC2)n1. The third-order valence-electron chi connectivity index (χ3n) is 4.19. The summed E-state index contributed by atoms with van der Waals surface area (Å²) in [6, 6.07) is 4.52. The van der Waals surface area contributed by atoms with Crippen molar-refractivity contribution in [1.82, 2.24) is 19.9 Å². The predicted octanol–water partition coefficient (Wildman–Crippen LogP) is 1.48. The first-order valence-corrected chi connectivity index (χ1v) is 8.17. The van der Waals surface area contributed by atoms with Gasteiger partial charge < -0.3 is 15.1 Å². The monoisotopic (exact) mass is 311 g/mol. The number of hydrogen-bond acceptors (Lipinski definition) is 7. The third-order valence-corrected chi connectivity index (χ3v) is 4.19. The van der Waals surface area contributed by atoms with E-state index in [1.165, 1.54) is 12.8 Å². The summed E-state index contributed by atoms with van der Waals surface area (Å²) in [5.74, 6) is 3.58. The average Bonchev–Trinajstić information content (AvgIpc) is 3.39. The number of anilines is 3. The van der Waals surface area contributed by atoms with Crippen molar-refractivity contribution in [3.05, 3.63) is 30.4 Å². The van der Waals surface area contributed by atoms with Crippen molar-refractivity contribution in [2.24, 2.45) is 0 Å². The molecule has 4 rings (SSSR count). The van der Waals surface area contributed by atoms with Crippen LogP contribution in [0.1, 0.15) is 18.7 Å². The minimum Gasteiger partial charge on any atom is -0.367 e. The molecule has 0 bridgehead atoms. The molecule has 3 heterocycles. The van der Waals surface area contributed by atoms with E-state index in [-0.39, 0.29) is 0 Å². The molecule has 1 aliphatic carbocycles. The number of aryl methyl sites for hydroxylation is 1. The molecule has 1 saturated heterocycles. The van der Waals surface area contributed by atoms with Crippen LogP contribution >= 0.6 is 0 Å². The lowest BCUT2D eigenvalue weighted by molar-refractivity contribution is 0.633. The van der Waals surface area contributed by atoms with E-state index in [4.69, 9.17) is 0 Å². The molecule has 1 saturated carbocycles. The van der Waals surface area contributed by atoms with Gasteiger partial charge in [-0.25, -0.2) is 19.9 Å². The number of nitrogens with zero attached hydrogens (tertiary/aromatic N) is 6. The lowest BCUT2D eigenvalue weighted by Gasteiger charge is -2.35. The standard InChI is InChI=1S/C16H21N7/c1-12-19-14(21-13-3-4-13)11-15(20-12)22-7-9-23(10-8-22)16-17-5-2-6-18-16/h2,5-6,11,13H,3-4,7-10H2,1H3,(H,19,20,21). The molecule has 2 fully saturated rings. The molecule has 0 spiro atoms. The lowest BCUT2D eigenvalue weighted by Crippen LogP contribution is -2.47. The van der Waals surface area contributed by atoms with Crippen molar-refractivity contribution in [1.29, 1.82) is 0 Å². The highest BCUT2D eigenvalue weighted by Crippen LogP contribution is 2.26. The topological polar surface area (TPSA) is 70.1 Å². The van der Waals surface area contributed by atoms with Gasteiger partial charge in [-0.3, -0.25) is 0 Å². The van der Waals surface area contributed by atoms with Crippen LogP contribution in [0.2, 0.25) is 0 Å². The molecule has 7 heteroatoms. The van der Waals surface area contributed by atoms with E-state index in [2.05, 4.69) is 41.1 Å².